The molecule has 6 heteroatoms. The maximum absolute atomic E-state index is 13.7. The molecule has 0 aromatic heterocycles. The zero-order chi connectivity index (χ0) is 24.8. The molecule has 0 saturated heterocycles. The fourth-order valence-electron chi connectivity index (χ4n) is 8.99. The van der Waals surface area contributed by atoms with E-state index in [1.165, 1.54) is 7.11 Å². The lowest BCUT2D eigenvalue weighted by molar-refractivity contribution is -0.183. The van der Waals surface area contributed by atoms with Crippen LogP contribution in [0.3, 0.4) is 0 Å². The first-order valence-electron chi connectivity index (χ1n) is 13.5. The molecule has 4 fully saturated rings. The van der Waals surface area contributed by atoms with Gasteiger partial charge in [0.2, 0.25) is 0 Å². The molecule has 1 N–H and O–H groups in total. The molecular weight excluding hydrogens is 432 g/mol. The van der Waals surface area contributed by atoms with Crippen molar-refractivity contribution < 1.29 is 29.0 Å². The lowest BCUT2D eigenvalue weighted by Gasteiger charge is -2.61. The molecule has 34 heavy (non-hydrogen) atoms. The number of ether oxygens (including phenoxy) is 2. The first-order valence-corrected chi connectivity index (χ1v) is 13.5. The minimum absolute atomic E-state index is 0.00611. The van der Waals surface area contributed by atoms with Crippen molar-refractivity contribution in [3.8, 4) is 0 Å². The number of methoxy groups -OCH3 is 1. The molecule has 6 nitrogen and oxygen atoms in total. The summed E-state index contributed by atoms with van der Waals surface area (Å²) in [6.45, 7) is 8.96. The molecule has 0 aromatic carbocycles. The number of esters is 2. The summed E-state index contributed by atoms with van der Waals surface area (Å²) >= 11 is 0. The average molecular weight is 477 g/mol. The fourth-order valence-corrected chi connectivity index (χ4v) is 8.99. The molecule has 0 heterocycles. The van der Waals surface area contributed by atoms with Gasteiger partial charge in [0, 0.05) is 24.2 Å². The molecule has 0 aromatic rings. The molecule has 0 amide bonds. The van der Waals surface area contributed by atoms with Gasteiger partial charge in [-0.1, -0.05) is 20.8 Å². The number of aliphatic hydroxyl groups is 1. The Labute approximate surface area is 204 Å². The number of hydrogen-bond acceptors (Lipinski definition) is 6. The van der Waals surface area contributed by atoms with Crippen LogP contribution in [-0.4, -0.2) is 42.6 Å². The van der Waals surface area contributed by atoms with Crippen molar-refractivity contribution in [2.45, 2.75) is 91.6 Å². The van der Waals surface area contributed by atoms with Crippen LogP contribution < -0.4 is 0 Å². The third kappa shape index (κ3) is 4.02. The Morgan fingerprint density at radius 3 is 2.56 bits per heavy atom. The van der Waals surface area contributed by atoms with E-state index in [1.807, 2.05) is 6.92 Å². The number of ketones is 1. The van der Waals surface area contributed by atoms with Gasteiger partial charge in [0.05, 0.1) is 25.7 Å². The van der Waals surface area contributed by atoms with Crippen LogP contribution in [0.15, 0.2) is 0 Å². The third-order valence-electron chi connectivity index (χ3n) is 11.0. The Bertz CT molecular complexity index is 809. The van der Waals surface area contributed by atoms with Gasteiger partial charge in [-0.05, 0) is 86.9 Å². The quantitative estimate of drug-likeness (QED) is 0.565. The van der Waals surface area contributed by atoms with Crippen LogP contribution in [0.5, 0.6) is 0 Å². The lowest BCUT2D eigenvalue weighted by Crippen LogP contribution is -2.61. The highest BCUT2D eigenvalue weighted by atomic mass is 16.5. The van der Waals surface area contributed by atoms with E-state index in [1.54, 1.807) is 0 Å². The molecular formula is C28H44O6. The number of hydrogen-bond donors (Lipinski definition) is 1. The van der Waals surface area contributed by atoms with Crippen LogP contribution in [0.25, 0.3) is 0 Å². The van der Waals surface area contributed by atoms with Crippen LogP contribution in [0.4, 0.5) is 0 Å². The zero-order valence-electron chi connectivity index (χ0n) is 21.7. The first kappa shape index (κ1) is 25.7. The summed E-state index contributed by atoms with van der Waals surface area (Å²) in [5.41, 5.74) is -0.309. The summed E-state index contributed by atoms with van der Waals surface area (Å²) in [6.07, 6.45) is 6.37. The molecule has 10 atom stereocenters. The number of Topliss-reactive ketones (excluding diaryl/α,β-unsaturated/α-hetero) is 1. The van der Waals surface area contributed by atoms with Crippen molar-refractivity contribution in [3.63, 3.8) is 0 Å². The van der Waals surface area contributed by atoms with Gasteiger partial charge in [-0.25, -0.2) is 0 Å². The summed E-state index contributed by atoms with van der Waals surface area (Å²) in [4.78, 5) is 37.8. The van der Waals surface area contributed by atoms with Crippen molar-refractivity contribution in [1.82, 2.24) is 0 Å². The van der Waals surface area contributed by atoms with Crippen LogP contribution in [-0.2, 0) is 23.9 Å². The molecule has 4 aliphatic carbocycles. The Morgan fingerprint density at radius 2 is 1.88 bits per heavy atom. The summed E-state index contributed by atoms with van der Waals surface area (Å²) in [5.74, 6) is 1.11. The van der Waals surface area contributed by atoms with Crippen molar-refractivity contribution in [1.29, 1.82) is 0 Å². The van der Waals surface area contributed by atoms with E-state index in [2.05, 4.69) is 20.8 Å². The number of carbonyl (C=O) groups excluding carboxylic acids is 3. The Hall–Kier alpha value is -1.43. The van der Waals surface area contributed by atoms with E-state index >= 15 is 0 Å². The first-order chi connectivity index (χ1) is 16.1. The minimum atomic E-state index is -0.446. The molecule has 192 valence electrons. The van der Waals surface area contributed by atoms with Gasteiger partial charge in [-0.2, -0.15) is 0 Å². The molecule has 4 saturated carbocycles. The van der Waals surface area contributed by atoms with Gasteiger partial charge in [-0.3, -0.25) is 14.4 Å². The van der Waals surface area contributed by atoms with E-state index in [0.29, 0.717) is 43.5 Å². The van der Waals surface area contributed by atoms with Gasteiger partial charge in [0.1, 0.15) is 5.78 Å². The molecule has 0 aliphatic heterocycles. The normalized spacial score (nSPS) is 44.4. The molecule has 10 unspecified atom stereocenters. The number of rotatable bonds is 6. The maximum atomic E-state index is 13.7. The fraction of sp³-hybridized carbons (Fsp3) is 0.893. The molecule has 4 rings (SSSR count). The van der Waals surface area contributed by atoms with E-state index in [9.17, 15) is 19.5 Å². The van der Waals surface area contributed by atoms with E-state index in [0.717, 1.165) is 38.5 Å². The van der Waals surface area contributed by atoms with Crippen molar-refractivity contribution >= 4 is 17.7 Å². The number of aliphatic hydroxyl groups excluding tert-OH is 1. The highest BCUT2D eigenvalue weighted by molar-refractivity contribution is 5.84. The highest BCUT2D eigenvalue weighted by Gasteiger charge is 2.66. The molecule has 0 radical (unpaired) electrons. The summed E-state index contributed by atoms with van der Waals surface area (Å²) in [6, 6.07) is 0. The predicted molar refractivity (Wildman–Crippen MR) is 128 cm³/mol. The van der Waals surface area contributed by atoms with Crippen molar-refractivity contribution in [2.75, 3.05) is 13.7 Å². The monoisotopic (exact) mass is 476 g/mol. The van der Waals surface area contributed by atoms with Crippen LogP contribution >= 0.6 is 0 Å². The SMILES string of the molecule is CCOC(=O)C1CCC2(C)C(CC(=O)C3C2CC(O)C2(C)C(C(C)CCC(=O)OC)CCC32)C1. The number of carbonyl (C=O) groups is 3. The van der Waals surface area contributed by atoms with Crippen LogP contribution in [0, 0.1) is 52.3 Å². The number of fused-ring (bicyclic) bond motifs is 5. The second-order valence-electron chi connectivity index (χ2n) is 12.2. The van der Waals surface area contributed by atoms with Gasteiger partial charge in [-0.15, -0.1) is 0 Å². The zero-order valence-corrected chi connectivity index (χ0v) is 21.7. The summed E-state index contributed by atoms with van der Waals surface area (Å²) in [7, 11) is 1.42. The summed E-state index contributed by atoms with van der Waals surface area (Å²) in [5, 5.41) is 11.6. The van der Waals surface area contributed by atoms with Crippen molar-refractivity contribution in [2.24, 2.45) is 52.3 Å². The minimum Gasteiger partial charge on any atom is -0.469 e. The Kier molecular flexibility index (Phi) is 7.21. The Morgan fingerprint density at radius 1 is 1.15 bits per heavy atom. The molecule has 4 aliphatic rings. The smallest absolute Gasteiger partial charge is 0.308 e. The van der Waals surface area contributed by atoms with E-state index in [4.69, 9.17) is 9.47 Å². The predicted octanol–water partition coefficient (Wildman–Crippen LogP) is 4.56. The van der Waals surface area contributed by atoms with Gasteiger partial charge >= 0.3 is 11.9 Å². The third-order valence-corrected chi connectivity index (χ3v) is 11.0. The van der Waals surface area contributed by atoms with Gasteiger partial charge in [0.25, 0.3) is 0 Å². The topological polar surface area (TPSA) is 89.9 Å². The van der Waals surface area contributed by atoms with Gasteiger partial charge < -0.3 is 14.6 Å². The van der Waals surface area contributed by atoms with Crippen LogP contribution in [0.2, 0.25) is 0 Å². The highest BCUT2D eigenvalue weighted by Crippen LogP contribution is 2.68. The standard InChI is InChI=1S/C28H44O6/c1-6-34-26(32)17-11-12-27(3)18(13-17)14-22(29)25-20-9-8-19(16(2)7-10-24(31)33-5)28(20,4)23(30)15-21(25)27/h16-21,23,25,30H,6-15H2,1-5H3. The molecule has 0 bridgehead atoms. The molecule has 0 spiro atoms. The Balaban J connectivity index is 1.54. The second kappa shape index (κ2) is 9.55. The van der Waals surface area contributed by atoms with E-state index < -0.39 is 6.10 Å². The van der Waals surface area contributed by atoms with Crippen molar-refractivity contribution in [3.05, 3.63) is 0 Å². The lowest BCUT2D eigenvalue weighted by atomic mass is 9.43. The maximum Gasteiger partial charge on any atom is 0.308 e. The van der Waals surface area contributed by atoms with Gasteiger partial charge in [0.15, 0.2) is 0 Å². The second-order valence-corrected chi connectivity index (χ2v) is 12.2. The largest absolute Gasteiger partial charge is 0.469 e. The summed E-state index contributed by atoms with van der Waals surface area (Å²) < 4.78 is 10.1. The van der Waals surface area contributed by atoms with E-state index in [-0.39, 0.29) is 52.4 Å². The average Bonchev–Trinajstić information content (AvgIpc) is 3.16. The van der Waals surface area contributed by atoms with Crippen LogP contribution in [0.1, 0.15) is 85.5 Å².